The number of benzene rings is 1. The highest BCUT2D eigenvalue weighted by Gasteiger charge is 1.97. The van der Waals surface area contributed by atoms with Crippen molar-refractivity contribution in [2.75, 3.05) is 0 Å². The summed E-state index contributed by atoms with van der Waals surface area (Å²) in [5.74, 6) is 0.545. The number of aromatic amines is 1. The fraction of sp³-hybridized carbons (Fsp3) is 0.250. The number of H-pyrrole nitrogens is 1. The minimum atomic E-state index is 0.486. The van der Waals surface area contributed by atoms with E-state index < -0.39 is 0 Å². The maximum atomic E-state index is 4.99. The van der Waals surface area contributed by atoms with Crippen LogP contribution in [-0.2, 0) is 0 Å². The highest BCUT2D eigenvalue weighted by molar-refractivity contribution is 7.71. The van der Waals surface area contributed by atoms with E-state index in [1.54, 1.807) is 12.5 Å². The van der Waals surface area contributed by atoms with Crippen LogP contribution in [0.2, 0.25) is 0 Å². The average Bonchev–Trinajstić information content (AvgIpc) is 2.73. The maximum absolute atomic E-state index is 4.99. The van der Waals surface area contributed by atoms with Crippen molar-refractivity contribution in [2.45, 2.75) is 19.8 Å². The van der Waals surface area contributed by atoms with Crippen molar-refractivity contribution < 1.29 is 0 Å². The standard InChI is InChI=1S/C12H14N4S/c1-9(2)11-5-3-10(4-6-11)7-14-16-8-13-15-12(16)17/h3-9H,1-2H3,(H,15,17)/b14-7+. The summed E-state index contributed by atoms with van der Waals surface area (Å²) in [4.78, 5) is 0. The zero-order chi connectivity index (χ0) is 12.3. The smallest absolute Gasteiger partial charge is 0.216 e. The summed E-state index contributed by atoms with van der Waals surface area (Å²) < 4.78 is 2.01. The number of nitrogens with zero attached hydrogens (tertiary/aromatic N) is 3. The molecule has 0 saturated carbocycles. The van der Waals surface area contributed by atoms with E-state index in [4.69, 9.17) is 12.2 Å². The molecule has 0 unspecified atom stereocenters. The highest BCUT2D eigenvalue weighted by Crippen LogP contribution is 2.13. The minimum absolute atomic E-state index is 0.486. The van der Waals surface area contributed by atoms with Crippen LogP contribution in [-0.4, -0.2) is 21.1 Å². The first-order chi connectivity index (χ1) is 8.16. The quantitative estimate of drug-likeness (QED) is 0.668. The summed E-state index contributed by atoms with van der Waals surface area (Å²) in [7, 11) is 0. The fourth-order valence-corrected chi connectivity index (χ4v) is 1.57. The normalized spacial score (nSPS) is 11.5. The first-order valence-electron chi connectivity index (χ1n) is 5.43. The van der Waals surface area contributed by atoms with Crippen molar-refractivity contribution in [3.63, 3.8) is 0 Å². The molecule has 0 atom stereocenters. The monoisotopic (exact) mass is 246 g/mol. The van der Waals surface area contributed by atoms with E-state index in [2.05, 4.69) is 41.3 Å². The first kappa shape index (κ1) is 11.7. The summed E-state index contributed by atoms with van der Waals surface area (Å²) in [6.07, 6.45) is 3.30. The van der Waals surface area contributed by atoms with Crippen molar-refractivity contribution in [3.05, 3.63) is 46.5 Å². The van der Waals surface area contributed by atoms with Crippen LogP contribution in [0, 0.1) is 4.77 Å². The van der Waals surface area contributed by atoms with Gasteiger partial charge in [-0.1, -0.05) is 38.1 Å². The van der Waals surface area contributed by atoms with E-state index in [1.807, 2.05) is 12.1 Å². The number of rotatable bonds is 3. The second-order valence-corrected chi connectivity index (χ2v) is 4.46. The Hall–Kier alpha value is -1.75. The van der Waals surface area contributed by atoms with E-state index in [1.165, 1.54) is 10.2 Å². The summed E-state index contributed by atoms with van der Waals surface area (Å²) in [6.45, 7) is 4.35. The van der Waals surface area contributed by atoms with E-state index >= 15 is 0 Å². The lowest BCUT2D eigenvalue weighted by molar-refractivity contribution is 0.861. The molecule has 0 saturated heterocycles. The van der Waals surface area contributed by atoms with Crippen LogP contribution in [0.25, 0.3) is 0 Å². The van der Waals surface area contributed by atoms with Gasteiger partial charge in [-0.25, -0.2) is 0 Å². The van der Waals surface area contributed by atoms with Gasteiger partial charge in [0, 0.05) is 0 Å². The van der Waals surface area contributed by atoms with Gasteiger partial charge >= 0.3 is 0 Å². The van der Waals surface area contributed by atoms with Crippen molar-refractivity contribution in [2.24, 2.45) is 5.10 Å². The van der Waals surface area contributed by atoms with Gasteiger partial charge in [-0.15, -0.1) is 0 Å². The second kappa shape index (κ2) is 5.05. The molecule has 88 valence electrons. The molecular formula is C12H14N4S. The lowest BCUT2D eigenvalue weighted by atomic mass is 10.0. The molecule has 17 heavy (non-hydrogen) atoms. The predicted molar refractivity (Wildman–Crippen MR) is 70.9 cm³/mol. The third kappa shape index (κ3) is 2.88. The molecule has 0 aliphatic carbocycles. The van der Waals surface area contributed by atoms with Crippen LogP contribution in [0.5, 0.6) is 0 Å². The zero-order valence-electron chi connectivity index (χ0n) is 9.79. The Bertz CT molecular complexity index is 563. The zero-order valence-corrected chi connectivity index (χ0v) is 10.6. The summed E-state index contributed by atoms with van der Waals surface area (Å²) in [6, 6.07) is 8.31. The SMILES string of the molecule is CC(C)c1ccc(/C=N/n2cn[nH]c2=S)cc1. The topological polar surface area (TPSA) is 46.0 Å². The van der Waals surface area contributed by atoms with Crippen LogP contribution >= 0.6 is 12.2 Å². The highest BCUT2D eigenvalue weighted by atomic mass is 32.1. The molecule has 4 nitrogen and oxygen atoms in total. The molecule has 1 aromatic heterocycles. The molecular weight excluding hydrogens is 232 g/mol. The predicted octanol–water partition coefficient (Wildman–Crippen LogP) is 2.95. The summed E-state index contributed by atoms with van der Waals surface area (Å²) in [5, 5.41) is 10.6. The van der Waals surface area contributed by atoms with Gasteiger partial charge in [-0.2, -0.15) is 14.9 Å². The van der Waals surface area contributed by atoms with Gasteiger partial charge in [-0.05, 0) is 29.3 Å². The third-order valence-corrected chi connectivity index (χ3v) is 2.75. The summed E-state index contributed by atoms with van der Waals surface area (Å²) >= 11 is 4.99. The van der Waals surface area contributed by atoms with E-state index in [0.717, 1.165) is 5.56 Å². The van der Waals surface area contributed by atoms with Crippen LogP contribution in [0.1, 0.15) is 30.9 Å². The number of aromatic nitrogens is 3. The Balaban J connectivity index is 2.17. The van der Waals surface area contributed by atoms with Gasteiger partial charge in [-0.3, -0.25) is 5.10 Å². The van der Waals surface area contributed by atoms with Gasteiger partial charge in [0.1, 0.15) is 6.33 Å². The second-order valence-electron chi connectivity index (χ2n) is 4.07. The molecule has 0 aliphatic heterocycles. The Morgan fingerprint density at radius 3 is 2.59 bits per heavy atom. The minimum Gasteiger partial charge on any atom is -0.250 e. The number of hydrogen-bond donors (Lipinski definition) is 1. The molecule has 1 aromatic carbocycles. The molecule has 2 rings (SSSR count). The van der Waals surface area contributed by atoms with Crippen LogP contribution in [0.15, 0.2) is 35.7 Å². The molecule has 1 N–H and O–H groups in total. The largest absolute Gasteiger partial charge is 0.250 e. The van der Waals surface area contributed by atoms with Gasteiger partial charge in [0.2, 0.25) is 4.77 Å². The molecule has 1 heterocycles. The van der Waals surface area contributed by atoms with Crippen molar-refractivity contribution >= 4 is 18.4 Å². The van der Waals surface area contributed by atoms with Gasteiger partial charge in [0.15, 0.2) is 0 Å². The Kier molecular flexibility index (Phi) is 3.49. The lowest BCUT2D eigenvalue weighted by Gasteiger charge is -2.04. The van der Waals surface area contributed by atoms with Crippen LogP contribution in [0.4, 0.5) is 0 Å². The van der Waals surface area contributed by atoms with Gasteiger partial charge in [0.05, 0.1) is 6.21 Å². The molecule has 0 fully saturated rings. The fourth-order valence-electron chi connectivity index (χ4n) is 1.42. The average molecular weight is 246 g/mol. The van der Waals surface area contributed by atoms with E-state index in [-0.39, 0.29) is 0 Å². The number of hydrogen-bond acceptors (Lipinski definition) is 3. The lowest BCUT2D eigenvalue weighted by Crippen LogP contribution is -1.91. The molecule has 0 spiro atoms. The molecule has 0 aliphatic rings. The van der Waals surface area contributed by atoms with Crippen LogP contribution < -0.4 is 0 Å². The van der Waals surface area contributed by atoms with E-state index in [0.29, 0.717) is 10.7 Å². The molecule has 0 amide bonds. The maximum Gasteiger partial charge on any atom is 0.216 e. The third-order valence-electron chi connectivity index (χ3n) is 2.47. The molecule has 0 bridgehead atoms. The Labute approximate surface area is 105 Å². The Morgan fingerprint density at radius 1 is 1.35 bits per heavy atom. The van der Waals surface area contributed by atoms with Crippen molar-refractivity contribution in [3.8, 4) is 0 Å². The number of nitrogens with one attached hydrogen (secondary N) is 1. The summed E-state index contributed by atoms with van der Waals surface area (Å²) in [5.41, 5.74) is 2.36. The molecule has 5 heteroatoms. The van der Waals surface area contributed by atoms with E-state index in [9.17, 15) is 0 Å². The Morgan fingerprint density at radius 2 is 2.06 bits per heavy atom. The van der Waals surface area contributed by atoms with Gasteiger partial charge < -0.3 is 0 Å². The molecule has 0 radical (unpaired) electrons. The molecule has 2 aromatic rings. The van der Waals surface area contributed by atoms with Crippen molar-refractivity contribution in [1.29, 1.82) is 0 Å². The van der Waals surface area contributed by atoms with Crippen LogP contribution in [0.3, 0.4) is 0 Å². The first-order valence-corrected chi connectivity index (χ1v) is 5.84. The van der Waals surface area contributed by atoms with Crippen molar-refractivity contribution in [1.82, 2.24) is 14.9 Å². The van der Waals surface area contributed by atoms with Gasteiger partial charge in [0.25, 0.3) is 0 Å².